The number of aliphatic hydroxyl groups is 1. The molecule has 3 heterocycles. The second-order valence-corrected chi connectivity index (χ2v) is 12.9. The van der Waals surface area contributed by atoms with Gasteiger partial charge in [-0.2, -0.15) is 0 Å². The second kappa shape index (κ2) is 11.5. The number of piperidine rings is 1. The summed E-state index contributed by atoms with van der Waals surface area (Å²) in [5, 5.41) is 16.5. The maximum atomic E-state index is 10.3. The van der Waals surface area contributed by atoms with E-state index in [9.17, 15) is 5.11 Å². The first-order valence-electron chi connectivity index (χ1n) is 12.0. The normalized spacial score (nSPS) is 15.6. The van der Waals surface area contributed by atoms with Gasteiger partial charge in [-0.15, -0.1) is 22.7 Å². The number of aromatic nitrogens is 2. The topological polar surface area (TPSA) is 64.5 Å². The van der Waals surface area contributed by atoms with Gasteiger partial charge in [0.15, 0.2) is 0 Å². The third-order valence-corrected chi connectivity index (χ3v) is 9.59. The van der Waals surface area contributed by atoms with Crippen LogP contribution >= 0.6 is 54.5 Å². The third kappa shape index (κ3) is 6.10. The van der Waals surface area contributed by atoms with Crippen molar-refractivity contribution in [1.82, 2.24) is 9.97 Å². The highest BCUT2D eigenvalue weighted by molar-refractivity contribution is 9.10. The minimum atomic E-state index is -0.236. The standard InChI is InChI=1S/C27H28Br2N3O3S2/c1-34-24-5-3-17(28)11-22(24)26-30-19(15-36-26)13-32(9-7-21(33)8-10-32)14-20-16-37-27(31-20)23-12-18(29)4-6-25(23)35-2/h3-6,11-12,15-16,21,33H,7-10,13-14H2,1-2H3/q+1. The number of methoxy groups -OCH3 is 2. The molecule has 0 radical (unpaired) electrons. The summed E-state index contributed by atoms with van der Waals surface area (Å²) >= 11 is 10.4. The van der Waals surface area contributed by atoms with Crippen LogP contribution in [0, 0.1) is 0 Å². The van der Waals surface area contributed by atoms with Gasteiger partial charge in [-0.05, 0) is 36.4 Å². The molecule has 1 aliphatic heterocycles. The minimum Gasteiger partial charge on any atom is -0.496 e. The molecule has 0 aliphatic carbocycles. The van der Waals surface area contributed by atoms with Crippen LogP contribution < -0.4 is 9.47 Å². The van der Waals surface area contributed by atoms with E-state index < -0.39 is 0 Å². The Morgan fingerprint density at radius 3 is 1.73 bits per heavy atom. The number of hydrogen-bond acceptors (Lipinski definition) is 7. The smallest absolute Gasteiger partial charge is 0.129 e. The van der Waals surface area contributed by atoms with Crippen LogP contribution in [-0.4, -0.2) is 53.0 Å². The maximum Gasteiger partial charge on any atom is 0.129 e. The number of hydrogen-bond donors (Lipinski definition) is 1. The zero-order valence-corrected chi connectivity index (χ0v) is 25.4. The minimum absolute atomic E-state index is 0.236. The first-order chi connectivity index (χ1) is 17.9. The van der Waals surface area contributed by atoms with Gasteiger partial charge in [0.2, 0.25) is 0 Å². The summed E-state index contributed by atoms with van der Waals surface area (Å²) in [4.78, 5) is 10.0. The molecule has 194 valence electrons. The Balaban J connectivity index is 1.41. The van der Waals surface area contributed by atoms with Gasteiger partial charge >= 0.3 is 0 Å². The van der Waals surface area contributed by atoms with Gasteiger partial charge in [-0.1, -0.05) is 31.9 Å². The lowest BCUT2D eigenvalue weighted by Gasteiger charge is -2.42. The van der Waals surface area contributed by atoms with Crippen LogP contribution in [0.1, 0.15) is 24.2 Å². The molecule has 0 atom stereocenters. The molecule has 2 aromatic carbocycles. The van der Waals surface area contributed by atoms with E-state index in [1.807, 2.05) is 24.3 Å². The predicted octanol–water partition coefficient (Wildman–Crippen LogP) is 7.15. The average Bonchev–Trinajstić information content (AvgIpc) is 3.55. The SMILES string of the molecule is COc1ccc(Br)cc1-c1nc(C[N+]2(Cc3csc(-c4cc(Br)ccc4OC)n3)CCC(O)CC2)cs1. The summed E-state index contributed by atoms with van der Waals surface area (Å²) in [6.07, 6.45) is 1.33. The van der Waals surface area contributed by atoms with E-state index in [2.05, 4.69) is 54.8 Å². The predicted molar refractivity (Wildman–Crippen MR) is 156 cm³/mol. The fraction of sp³-hybridized carbons (Fsp3) is 0.333. The number of ether oxygens (including phenoxy) is 2. The molecular weight excluding hydrogens is 638 g/mol. The Labute approximate surface area is 241 Å². The van der Waals surface area contributed by atoms with Crippen molar-refractivity contribution in [1.29, 1.82) is 0 Å². The highest BCUT2D eigenvalue weighted by Crippen LogP contribution is 2.37. The summed E-state index contributed by atoms with van der Waals surface area (Å²) in [5.74, 6) is 1.62. The largest absolute Gasteiger partial charge is 0.496 e. The molecule has 4 aromatic rings. The highest BCUT2D eigenvalue weighted by Gasteiger charge is 2.35. The number of aliphatic hydroxyl groups excluding tert-OH is 1. The van der Waals surface area contributed by atoms with E-state index >= 15 is 0 Å². The van der Waals surface area contributed by atoms with E-state index in [4.69, 9.17) is 19.4 Å². The Morgan fingerprint density at radius 2 is 1.30 bits per heavy atom. The van der Waals surface area contributed by atoms with Gasteiger partial charge in [-0.25, -0.2) is 9.97 Å². The van der Waals surface area contributed by atoms with Crippen LogP contribution in [0.15, 0.2) is 56.1 Å². The van der Waals surface area contributed by atoms with Crippen molar-refractivity contribution in [2.24, 2.45) is 0 Å². The van der Waals surface area contributed by atoms with Gasteiger partial charge in [0.1, 0.15) is 46.0 Å². The molecule has 0 bridgehead atoms. The molecule has 1 N–H and O–H groups in total. The molecule has 6 nitrogen and oxygen atoms in total. The van der Waals surface area contributed by atoms with Gasteiger partial charge < -0.3 is 19.1 Å². The molecule has 37 heavy (non-hydrogen) atoms. The summed E-state index contributed by atoms with van der Waals surface area (Å²) < 4.78 is 14.0. The van der Waals surface area contributed by atoms with Crippen LogP contribution in [0.5, 0.6) is 11.5 Å². The summed E-state index contributed by atoms with van der Waals surface area (Å²) in [7, 11) is 3.37. The Hall–Kier alpha value is -1.82. The fourth-order valence-corrected chi connectivity index (χ4v) is 7.25. The zero-order chi connectivity index (χ0) is 26.0. The fourth-order valence-electron chi connectivity index (χ4n) is 4.86. The number of halogens is 2. The summed E-state index contributed by atoms with van der Waals surface area (Å²) in [5.41, 5.74) is 4.09. The van der Waals surface area contributed by atoms with Crippen molar-refractivity contribution >= 4 is 54.5 Å². The Morgan fingerprint density at radius 1 is 0.838 bits per heavy atom. The highest BCUT2D eigenvalue weighted by atomic mass is 79.9. The van der Waals surface area contributed by atoms with Gasteiger partial charge in [0.25, 0.3) is 0 Å². The number of rotatable bonds is 8. The van der Waals surface area contributed by atoms with Crippen LogP contribution in [0.2, 0.25) is 0 Å². The number of benzene rings is 2. The number of quaternary nitrogens is 1. The lowest BCUT2D eigenvalue weighted by atomic mass is 10.0. The molecule has 0 amide bonds. The first-order valence-corrected chi connectivity index (χ1v) is 15.3. The van der Waals surface area contributed by atoms with Crippen LogP contribution in [0.4, 0.5) is 0 Å². The van der Waals surface area contributed by atoms with Crippen molar-refractivity contribution in [3.63, 3.8) is 0 Å². The number of thiazole rings is 2. The first kappa shape index (κ1) is 26.8. The van der Waals surface area contributed by atoms with Crippen LogP contribution in [0.3, 0.4) is 0 Å². The molecule has 10 heteroatoms. The molecule has 5 rings (SSSR count). The summed E-state index contributed by atoms with van der Waals surface area (Å²) in [6.45, 7) is 3.38. The molecular formula is C27H28Br2N3O3S2+. The van der Waals surface area contributed by atoms with Gasteiger partial charge in [0, 0.05) is 32.5 Å². The number of likely N-dealkylation sites (tertiary alicyclic amines) is 1. The molecule has 1 fully saturated rings. The molecule has 0 saturated carbocycles. The van der Waals surface area contributed by atoms with Crippen molar-refractivity contribution in [3.05, 3.63) is 67.5 Å². The average molecular weight is 666 g/mol. The lowest BCUT2D eigenvalue weighted by molar-refractivity contribution is -0.959. The number of nitrogens with zero attached hydrogens (tertiary/aromatic N) is 3. The Kier molecular flexibility index (Phi) is 8.33. The molecule has 0 unspecified atom stereocenters. The zero-order valence-electron chi connectivity index (χ0n) is 20.6. The van der Waals surface area contributed by atoms with Gasteiger partial charge in [-0.3, -0.25) is 0 Å². The van der Waals surface area contributed by atoms with E-state index in [0.29, 0.717) is 0 Å². The van der Waals surface area contributed by atoms with E-state index in [0.717, 1.165) is 96.5 Å². The second-order valence-electron chi connectivity index (χ2n) is 9.31. The van der Waals surface area contributed by atoms with Crippen LogP contribution in [0.25, 0.3) is 21.1 Å². The van der Waals surface area contributed by atoms with Crippen molar-refractivity contribution in [2.45, 2.75) is 32.0 Å². The Bertz CT molecular complexity index is 1290. The van der Waals surface area contributed by atoms with Crippen molar-refractivity contribution < 1.29 is 19.1 Å². The molecule has 0 spiro atoms. The van der Waals surface area contributed by atoms with Crippen molar-refractivity contribution in [3.8, 4) is 32.6 Å². The third-order valence-electron chi connectivity index (χ3n) is 6.76. The molecule has 1 saturated heterocycles. The van der Waals surface area contributed by atoms with E-state index in [1.165, 1.54) is 0 Å². The van der Waals surface area contributed by atoms with Crippen LogP contribution in [-0.2, 0) is 13.1 Å². The molecule has 1 aliphatic rings. The van der Waals surface area contributed by atoms with E-state index in [1.54, 1.807) is 36.9 Å². The maximum absolute atomic E-state index is 10.3. The summed E-state index contributed by atoms with van der Waals surface area (Å²) in [6, 6.07) is 12.0. The quantitative estimate of drug-likeness (QED) is 0.203. The monoisotopic (exact) mass is 664 g/mol. The van der Waals surface area contributed by atoms with Crippen molar-refractivity contribution in [2.75, 3.05) is 27.3 Å². The van der Waals surface area contributed by atoms with Gasteiger partial charge in [0.05, 0.1) is 44.5 Å². The molecule has 2 aromatic heterocycles. The van der Waals surface area contributed by atoms with E-state index in [-0.39, 0.29) is 6.10 Å². The lowest BCUT2D eigenvalue weighted by Crippen LogP contribution is -2.52.